The van der Waals surface area contributed by atoms with Crippen LogP contribution >= 0.6 is 0 Å². The molecule has 0 fully saturated rings. The molecule has 0 unspecified atom stereocenters. The average Bonchev–Trinajstić information content (AvgIpc) is 3.33. The fourth-order valence-corrected chi connectivity index (χ4v) is 5.31. The fraction of sp³-hybridized carbons (Fsp3) is 0.103. The van der Waals surface area contributed by atoms with Crippen LogP contribution in [0.25, 0.3) is 32.7 Å². The van der Waals surface area contributed by atoms with Gasteiger partial charge in [0.2, 0.25) is 0 Å². The molecule has 0 amide bonds. The van der Waals surface area contributed by atoms with Crippen LogP contribution in [0.2, 0.25) is 0 Å². The lowest BCUT2D eigenvalue weighted by atomic mass is 9.83. The number of nitrogens with zero attached hydrogens (tertiary/aromatic N) is 2. The average molecular weight is 478 g/mol. The molecular formula is C29H23N3O4. The van der Waals surface area contributed by atoms with Crippen molar-refractivity contribution in [2.24, 2.45) is 14.1 Å². The van der Waals surface area contributed by atoms with Crippen LogP contribution in [0.3, 0.4) is 0 Å². The number of pyridine rings is 2. The van der Waals surface area contributed by atoms with Gasteiger partial charge in [-0.3, -0.25) is 9.59 Å². The Morgan fingerprint density at radius 2 is 1.11 bits per heavy atom. The summed E-state index contributed by atoms with van der Waals surface area (Å²) in [5, 5.41) is 24.8. The number of aromatic nitrogens is 3. The molecular weight excluding hydrogens is 454 g/mol. The van der Waals surface area contributed by atoms with Crippen molar-refractivity contribution < 1.29 is 10.2 Å². The highest BCUT2D eigenvalue weighted by Gasteiger charge is 2.33. The van der Waals surface area contributed by atoms with Gasteiger partial charge in [-0.1, -0.05) is 42.5 Å². The van der Waals surface area contributed by atoms with Gasteiger partial charge in [-0.25, -0.2) is 0 Å². The topological polar surface area (TPSA) is 100 Å². The van der Waals surface area contributed by atoms with Crippen molar-refractivity contribution in [2.75, 3.05) is 0 Å². The molecule has 178 valence electrons. The molecule has 0 spiro atoms. The van der Waals surface area contributed by atoms with Crippen LogP contribution in [-0.2, 0) is 14.1 Å². The minimum Gasteiger partial charge on any atom is -0.507 e. The first-order valence-electron chi connectivity index (χ1n) is 11.6. The number of hydrogen-bond donors (Lipinski definition) is 3. The van der Waals surface area contributed by atoms with Gasteiger partial charge >= 0.3 is 0 Å². The second-order valence-electron chi connectivity index (χ2n) is 9.01. The van der Waals surface area contributed by atoms with Gasteiger partial charge in [0.05, 0.1) is 28.1 Å². The monoisotopic (exact) mass is 477 g/mol. The SMILES string of the molecule is Cn1c(=O)c(C(c2c(O)c3ccccc3n(C)c2=O)c2c[nH]c3ccccc23)c(O)c2ccccc21. The molecule has 6 aromatic rings. The van der Waals surface area contributed by atoms with E-state index >= 15 is 0 Å². The van der Waals surface area contributed by atoms with Gasteiger partial charge in [0.25, 0.3) is 11.1 Å². The van der Waals surface area contributed by atoms with Gasteiger partial charge in [-0.2, -0.15) is 0 Å². The van der Waals surface area contributed by atoms with Crippen molar-refractivity contribution in [3.63, 3.8) is 0 Å². The van der Waals surface area contributed by atoms with Crippen molar-refractivity contribution in [1.82, 2.24) is 14.1 Å². The van der Waals surface area contributed by atoms with E-state index in [0.29, 0.717) is 27.4 Å². The van der Waals surface area contributed by atoms with E-state index in [9.17, 15) is 19.8 Å². The number of H-pyrrole nitrogens is 1. The van der Waals surface area contributed by atoms with Crippen molar-refractivity contribution in [1.29, 1.82) is 0 Å². The van der Waals surface area contributed by atoms with E-state index in [4.69, 9.17) is 0 Å². The van der Waals surface area contributed by atoms with Gasteiger partial charge in [-0.15, -0.1) is 0 Å². The van der Waals surface area contributed by atoms with E-state index in [-0.39, 0.29) is 22.6 Å². The minimum atomic E-state index is -1.03. The number of hydrogen-bond acceptors (Lipinski definition) is 4. The van der Waals surface area contributed by atoms with Crippen molar-refractivity contribution in [3.8, 4) is 11.5 Å². The lowest BCUT2D eigenvalue weighted by Crippen LogP contribution is -2.30. The Bertz CT molecular complexity index is 1840. The van der Waals surface area contributed by atoms with E-state index < -0.39 is 17.0 Å². The second-order valence-corrected chi connectivity index (χ2v) is 9.01. The molecule has 0 bridgehead atoms. The van der Waals surface area contributed by atoms with E-state index in [2.05, 4.69) is 4.98 Å². The van der Waals surface area contributed by atoms with Crippen LogP contribution < -0.4 is 11.1 Å². The van der Waals surface area contributed by atoms with E-state index in [1.54, 1.807) is 68.8 Å². The largest absolute Gasteiger partial charge is 0.507 e. The maximum atomic E-state index is 13.8. The molecule has 3 N–H and O–H groups in total. The maximum absolute atomic E-state index is 13.8. The van der Waals surface area contributed by atoms with Crippen molar-refractivity contribution in [3.05, 3.63) is 116 Å². The van der Waals surface area contributed by atoms with Crippen LogP contribution in [-0.4, -0.2) is 24.3 Å². The molecule has 7 nitrogen and oxygen atoms in total. The zero-order valence-corrected chi connectivity index (χ0v) is 19.7. The van der Waals surface area contributed by atoms with Gasteiger partial charge in [0.1, 0.15) is 11.5 Å². The van der Waals surface area contributed by atoms with Gasteiger partial charge < -0.3 is 24.3 Å². The normalized spacial score (nSPS) is 11.8. The maximum Gasteiger partial charge on any atom is 0.258 e. The Balaban J connectivity index is 1.82. The molecule has 3 heterocycles. The Hall–Kier alpha value is -4.78. The summed E-state index contributed by atoms with van der Waals surface area (Å²) in [7, 11) is 3.27. The third-order valence-electron chi connectivity index (χ3n) is 7.13. The highest BCUT2D eigenvalue weighted by molar-refractivity contribution is 5.91. The number of benzene rings is 3. The molecule has 0 saturated carbocycles. The Kier molecular flexibility index (Phi) is 4.76. The summed E-state index contributed by atoms with van der Waals surface area (Å²) < 4.78 is 2.93. The Morgan fingerprint density at radius 1 is 0.667 bits per heavy atom. The molecule has 3 aromatic carbocycles. The number of fused-ring (bicyclic) bond motifs is 3. The van der Waals surface area contributed by atoms with Gasteiger partial charge in [0.15, 0.2) is 0 Å². The summed E-state index contributed by atoms with van der Waals surface area (Å²) in [6.45, 7) is 0. The van der Waals surface area contributed by atoms with Crippen molar-refractivity contribution >= 4 is 32.7 Å². The van der Waals surface area contributed by atoms with Crippen LogP contribution in [0.1, 0.15) is 22.6 Å². The molecule has 0 saturated heterocycles. The number of aryl methyl sites for hydroxylation is 2. The number of aromatic amines is 1. The first kappa shape index (κ1) is 21.7. The third-order valence-corrected chi connectivity index (χ3v) is 7.13. The molecule has 0 aliphatic rings. The zero-order valence-electron chi connectivity index (χ0n) is 19.7. The van der Waals surface area contributed by atoms with Crippen LogP contribution in [0.4, 0.5) is 0 Å². The lowest BCUT2D eigenvalue weighted by molar-refractivity contribution is 0.461. The number of para-hydroxylation sites is 3. The third kappa shape index (κ3) is 2.92. The quantitative estimate of drug-likeness (QED) is 0.350. The first-order chi connectivity index (χ1) is 17.4. The van der Waals surface area contributed by atoms with Gasteiger partial charge in [0, 0.05) is 42.0 Å². The highest BCUT2D eigenvalue weighted by atomic mass is 16.3. The predicted octanol–water partition coefficient (Wildman–Crippen LogP) is 4.46. The van der Waals surface area contributed by atoms with Crippen LogP contribution in [0.5, 0.6) is 11.5 Å². The Morgan fingerprint density at radius 3 is 1.64 bits per heavy atom. The Labute approximate surface area is 205 Å². The minimum absolute atomic E-state index is 0.0311. The van der Waals surface area contributed by atoms with E-state index in [0.717, 1.165) is 10.9 Å². The number of aromatic hydroxyl groups is 2. The van der Waals surface area contributed by atoms with Crippen LogP contribution in [0.15, 0.2) is 88.6 Å². The first-order valence-corrected chi connectivity index (χ1v) is 11.6. The molecule has 6 rings (SSSR count). The fourth-order valence-electron chi connectivity index (χ4n) is 5.31. The second kappa shape index (κ2) is 7.88. The molecule has 0 aliphatic heterocycles. The standard InChI is InChI=1S/C29H23N3O4/c1-31-21-13-7-4-10-17(21)26(33)24(28(31)35)23(19-15-30-20-12-6-3-9-16(19)20)25-27(34)18-11-5-8-14-22(18)32(2)29(25)36/h3-15,23,30,33-34H,1-2H3. The highest BCUT2D eigenvalue weighted by Crippen LogP contribution is 2.43. The summed E-state index contributed by atoms with van der Waals surface area (Å²) >= 11 is 0. The molecule has 0 radical (unpaired) electrons. The summed E-state index contributed by atoms with van der Waals surface area (Å²) in [6, 6.07) is 21.7. The molecule has 0 aliphatic carbocycles. The predicted molar refractivity (Wildman–Crippen MR) is 141 cm³/mol. The molecule has 3 aromatic heterocycles. The van der Waals surface area contributed by atoms with E-state index in [1.165, 1.54) is 9.13 Å². The summed E-state index contributed by atoms with van der Waals surface area (Å²) in [5.41, 5.74) is 1.72. The molecule has 0 atom stereocenters. The summed E-state index contributed by atoms with van der Waals surface area (Å²) in [6.07, 6.45) is 1.73. The van der Waals surface area contributed by atoms with Crippen LogP contribution in [0, 0.1) is 0 Å². The molecule has 7 heteroatoms. The summed E-state index contributed by atoms with van der Waals surface area (Å²) in [4.78, 5) is 30.9. The number of rotatable bonds is 3. The zero-order chi connectivity index (χ0) is 25.1. The molecule has 36 heavy (non-hydrogen) atoms. The van der Waals surface area contributed by atoms with Gasteiger partial charge in [-0.05, 0) is 35.9 Å². The van der Waals surface area contributed by atoms with E-state index in [1.807, 2.05) is 24.3 Å². The van der Waals surface area contributed by atoms with Crippen molar-refractivity contribution in [2.45, 2.75) is 5.92 Å². The smallest absolute Gasteiger partial charge is 0.258 e. The lowest BCUT2D eigenvalue weighted by Gasteiger charge is -2.22. The number of nitrogens with one attached hydrogen (secondary N) is 1. The summed E-state index contributed by atoms with van der Waals surface area (Å²) in [5.74, 6) is -1.45.